The van der Waals surface area contributed by atoms with E-state index in [2.05, 4.69) is 15.5 Å². The average Bonchev–Trinajstić information content (AvgIpc) is 2.46. The third-order valence-corrected chi connectivity index (χ3v) is 2.97. The molecule has 1 amide bonds. The lowest BCUT2D eigenvalue weighted by atomic mass is 10.1. The van der Waals surface area contributed by atoms with Crippen molar-refractivity contribution in [3.63, 3.8) is 0 Å². The molecule has 1 N–H and O–H groups in total. The van der Waals surface area contributed by atoms with Crippen LogP contribution in [-0.2, 0) is 0 Å². The smallest absolute Gasteiger partial charge is 0.267 e. The fraction of sp³-hybridized carbons (Fsp3) is 0.188. The summed E-state index contributed by atoms with van der Waals surface area (Å²) in [7, 11) is 0. The number of carbonyl (C=O) groups is 1. The standard InChI is InChI=1S/C16H17N3O/c1-11-4-7-14(8-5-11)13(3)18-19-16(20)15-9-6-12(2)17-10-15/h4-10H,1-3H3,(H,19,20)/b18-13+. The number of hydrazone groups is 1. The van der Waals surface area contributed by atoms with Gasteiger partial charge in [-0.3, -0.25) is 9.78 Å². The normalized spacial score (nSPS) is 11.2. The Kier molecular flexibility index (Phi) is 4.25. The summed E-state index contributed by atoms with van der Waals surface area (Å²) in [6, 6.07) is 11.5. The van der Waals surface area contributed by atoms with Gasteiger partial charge >= 0.3 is 0 Å². The first kappa shape index (κ1) is 13.9. The van der Waals surface area contributed by atoms with Gasteiger partial charge in [0.15, 0.2) is 0 Å². The van der Waals surface area contributed by atoms with Crippen molar-refractivity contribution < 1.29 is 4.79 Å². The zero-order valence-corrected chi connectivity index (χ0v) is 11.8. The molecule has 4 heteroatoms. The highest BCUT2D eigenvalue weighted by molar-refractivity contribution is 6.00. The van der Waals surface area contributed by atoms with Crippen molar-refractivity contribution in [2.75, 3.05) is 0 Å². The van der Waals surface area contributed by atoms with Gasteiger partial charge in [0.05, 0.1) is 11.3 Å². The van der Waals surface area contributed by atoms with E-state index in [0.29, 0.717) is 5.56 Å². The second-order valence-corrected chi connectivity index (χ2v) is 4.69. The number of nitrogens with zero attached hydrogens (tertiary/aromatic N) is 2. The lowest BCUT2D eigenvalue weighted by Gasteiger charge is -2.03. The zero-order chi connectivity index (χ0) is 14.5. The predicted octanol–water partition coefficient (Wildman–Crippen LogP) is 2.85. The lowest BCUT2D eigenvalue weighted by molar-refractivity contribution is 0.0954. The molecule has 0 fully saturated rings. The van der Waals surface area contributed by atoms with Crippen LogP contribution in [0, 0.1) is 13.8 Å². The fourth-order valence-corrected chi connectivity index (χ4v) is 1.66. The molecule has 4 nitrogen and oxygen atoms in total. The molecule has 2 rings (SSSR count). The molecule has 2 aromatic rings. The highest BCUT2D eigenvalue weighted by atomic mass is 16.2. The van der Waals surface area contributed by atoms with Crippen LogP contribution >= 0.6 is 0 Å². The molecule has 0 saturated heterocycles. The van der Waals surface area contributed by atoms with Crippen LogP contribution in [0.15, 0.2) is 47.7 Å². The van der Waals surface area contributed by atoms with E-state index in [0.717, 1.165) is 17.0 Å². The van der Waals surface area contributed by atoms with Crippen molar-refractivity contribution in [3.8, 4) is 0 Å². The van der Waals surface area contributed by atoms with Crippen molar-refractivity contribution >= 4 is 11.6 Å². The summed E-state index contributed by atoms with van der Waals surface area (Å²) in [6.45, 7) is 5.77. The predicted molar refractivity (Wildman–Crippen MR) is 79.8 cm³/mol. The first-order valence-electron chi connectivity index (χ1n) is 6.40. The molecule has 0 atom stereocenters. The first-order chi connectivity index (χ1) is 9.56. The molecule has 0 saturated carbocycles. The monoisotopic (exact) mass is 267 g/mol. The van der Waals surface area contributed by atoms with E-state index in [9.17, 15) is 4.79 Å². The summed E-state index contributed by atoms with van der Waals surface area (Å²) in [5.41, 5.74) is 6.85. The van der Waals surface area contributed by atoms with Gasteiger partial charge in [-0.15, -0.1) is 0 Å². The van der Waals surface area contributed by atoms with Gasteiger partial charge in [0.2, 0.25) is 0 Å². The average molecular weight is 267 g/mol. The molecule has 0 unspecified atom stereocenters. The Hall–Kier alpha value is -2.49. The largest absolute Gasteiger partial charge is 0.272 e. The van der Waals surface area contributed by atoms with Gasteiger partial charge in [-0.1, -0.05) is 29.8 Å². The maximum atomic E-state index is 11.9. The number of hydrogen-bond acceptors (Lipinski definition) is 3. The quantitative estimate of drug-likeness (QED) is 0.686. The Balaban J connectivity index is 2.06. The summed E-state index contributed by atoms with van der Waals surface area (Å²) in [5, 5.41) is 4.11. The second kappa shape index (κ2) is 6.10. The molecular weight excluding hydrogens is 250 g/mol. The van der Waals surface area contributed by atoms with E-state index in [1.807, 2.05) is 45.0 Å². The minimum absolute atomic E-state index is 0.260. The van der Waals surface area contributed by atoms with Crippen LogP contribution in [0.2, 0.25) is 0 Å². The van der Waals surface area contributed by atoms with Gasteiger partial charge < -0.3 is 0 Å². The van der Waals surface area contributed by atoms with Crippen LogP contribution in [-0.4, -0.2) is 16.6 Å². The Morgan fingerprint density at radius 2 is 1.70 bits per heavy atom. The number of hydrogen-bond donors (Lipinski definition) is 1. The number of nitrogens with one attached hydrogen (secondary N) is 1. The Bertz CT molecular complexity index is 628. The molecule has 0 aliphatic heterocycles. The second-order valence-electron chi connectivity index (χ2n) is 4.69. The number of pyridine rings is 1. The Morgan fingerprint density at radius 3 is 2.30 bits per heavy atom. The van der Waals surface area contributed by atoms with E-state index in [1.165, 1.54) is 5.56 Å². The topological polar surface area (TPSA) is 54.4 Å². The third-order valence-electron chi connectivity index (χ3n) is 2.97. The summed E-state index contributed by atoms with van der Waals surface area (Å²) in [6.07, 6.45) is 1.54. The van der Waals surface area contributed by atoms with Crippen LogP contribution in [0.4, 0.5) is 0 Å². The van der Waals surface area contributed by atoms with Crippen LogP contribution in [0.1, 0.15) is 34.1 Å². The molecule has 1 aromatic heterocycles. The lowest BCUT2D eigenvalue weighted by Crippen LogP contribution is -2.19. The summed E-state index contributed by atoms with van der Waals surface area (Å²) in [4.78, 5) is 16.0. The van der Waals surface area contributed by atoms with E-state index < -0.39 is 0 Å². The van der Waals surface area contributed by atoms with Crippen molar-refractivity contribution in [3.05, 3.63) is 65.0 Å². The Morgan fingerprint density at radius 1 is 1.05 bits per heavy atom. The molecule has 20 heavy (non-hydrogen) atoms. The molecule has 0 bridgehead atoms. The SMILES string of the molecule is C/C(=N\NC(=O)c1ccc(C)nc1)c1ccc(C)cc1. The molecule has 1 heterocycles. The minimum Gasteiger partial charge on any atom is -0.267 e. The Labute approximate surface area is 118 Å². The van der Waals surface area contributed by atoms with Crippen LogP contribution in [0.3, 0.4) is 0 Å². The van der Waals surface area contributed by atoms with E-state index >= 15 is 0 Å². The van der Waals surface area contributed by atoms with E-state index in [-0.39, 0.29) is 5.91 Å². The van der Waals surface area contributed by atoms with Gasteiger partial charge in [0.1, 0.15) is 0 Å². The van der Waals surface area contributed by atoms with E-state index in [1.54, 1.807) is 18.3 Å². The highest BCUT2D eigenvalue weighted by Crippen LogP contribution is 2.04. The van der Waals surface area contributed by atoms with E-state index in [4.69, 9.17) is 0 Å². The highest BCUT2D eigenvalue weighted by Gasteiger charge is 2.05. The van der Waals surface area contributed by atoms with Crippen LogP contribution in [0.25, 0.3) is 0 Å². The zero-order valence-electron chi connectivity index (χ0n) is 11.8. The molecule has 1 aromatic carbocycles. The number of benzene rings is 1. The number of rotatable bonds is 3. The third kappa shape index (κ3) is 3.51. The van der Waals surface area contributed by atoms with Crippen molar-refractivity contribution in [1.29, 1.82) is 0 Å². The summed E-state index contributed by atoms with van der Waals surface area (Å²) in [5.74, 6) is -0.260. The molecule has 0 spiro atoms. The molecule has 0 aliphatic carbocycles. The number of amides is 1. The molecular formula is C16H17N3O. The number of aromatic nitrogens is 1. The van der Waals surface area contributed by atoms with Crippen molar-refractivity contribution in [2.45, 2.75) is 20.8 Å². The summed E-state index contributed by atoms with van der Waals surface area (Å²) < 4.78 is 0. The van der Waals surface area contributed by atoms with Gasteiger partial charge in [0.25, 0.3) is 5.91 Å². The van der Waals surface area contributed by atoms with Crippen molar-refractivity contribution in [2.24, 2.45) is 5.10 Å². The molecule has 102 valence electrons. The molecule has 0 radical (unpaired) electrons. The maximum Gasteiger partial charge on any atom is 0.272 e. The number of aryl methyl sites for hydroxylation is 2. The van der Waals surface area contributed by atoms with Crippen LogP contribution < -0.4 is 5.43 Å². The van der Waals surface area contributed by atoms with Gasteiger partial charge in [-0.25, -0.2) is 5.43 Å². The fourth-order valence-electron chi connectivity index (χ4n) is 1.66. The molecule has 0 aliphatic rings. The maximum absolute atomic E-state index is 11.9. The van der Waals surface area contributed by atoms with Gasteiger partial charge in [-0.05, 0) is 38.5 Å². The first-order valence-corrected chi connectivity index (χ1v) is 6.40. The van der Waals surface area contributed by atoms with Crippen LogP contribution in [0.5, 0.6) is 0 Å². The van der Waals surface area contributed by atoms with Gasteiger partial charge in [-0.2, -0.15) is 5.10 Å². The van der Waals surface area contributed by atoms with Gasteiger partial charge in [0, 0.05) is 11.9 Å². The minimum atomic E-state index is -0.260. The number of carbonyl (C=O) groups excluding carboxylic acids is 1. The summed E-state index contributed by atoms with van der Waals surface area (Å²) >= 11 is 0. The van der Waals surface area contributed by atoms with Crippen molar-refractivity contribution in [1.82, 2.24) is 10.4 Å².